The van der Waals surface area contributed by atoms with Crippen LogP contribution in [0, 0.1) is 0 Å². The number of benzene rings is 3. The highest BCUT2D eigenvalue weighted by Gasteiger charge is 2.04. The van der Waals surface area contributed by atoms with Gasteiger partial charge in [-0.2, -0.15) is 0 Å². The van der Waals surface area contributed by atoms with Crippen LogP contribution in [0.3, 0.4) is 0 Å². The summed E-state index contributed by atoms with van der Waals surface area (Å²) >= 11 is 5.40. The van der Waals surface area contributed by atoms with Crippen LogP contribution < -0.4 is 0 Å². The van der Waals surface area contributed by atoms with Crippen molar-refractivity contribution in [3.63, 3.8) is 0 Å². The van der Waals surface area contributed by atoms with E-state index in [-0.39, 0.29) is 0 Å². The highest BCUT2D eigenvalue weighted by molar-refractivity contribution is 9.08. The van der Waals surface area contributed by atoms with Crippen molar-refractivity contribution in [3.8, 4) is 0 Å². The molecule has 0 aromatic heterocycles. The summed E-state index contributed by atoms with van der Waals surface area (Å²) in [7, 11) is 0. The lowest BCUT2D eigenvalue weighted by molar-refractivity contribution is 1.37. The first-order valence-corrected chi connectivity index (χ1v) is 8.11. The van der Waals surface area contributed by atoms with E-state index < -0.39 is 0 Å². The van der Waals surface area contributed by atoms with Gasteiger partial charge in [0.1, 0.15) is 0 Å². The summed E-state index contributed by atoms with van der Waals surface area (Å²) in [5.41, 5.74) is 1.34. The predicted octanol–water partition coefficient (Wildman–Crippen LogP) is 5.89. The molecule has 0 spiro atoms. The van der Waals surface area contributed by atoms with Crippen molar-refractivity contribution in [2.24, 2.45) is 0 Å². The monoisotopic (exact) mass is 328 g/mol. The lowest BCUT2D eigenvalue weighted by Crippen LogP contribution is -1.84. The number of fused-ring (bicyclic) bond motifs is 1. The average Bonchev–Trinajstić information content (AvgIpc) is 2.47. The topological polar surface area (TPSA) is 0 Å². The van der Waals surface area contributed by atoms with Gasteiger partial charge in [-0.25, -0.2) is 0 Å². The number of halogens is 1. The summed E-state index contributed by atoms with van der Waals surface area (Å²) < 4.78 is 0. The van der Waals surface area contributed by atoms with Crippen molar-refractivity contribution >= 4 is 38.5 Å². The second-order valence-electron chi connectivity index (χ2n) is 4.35. The molecular weight excluding hydrogens is 316 g/mol. The fourth-order valence-electron chi connectivity index (χ4n) is 2.15. The summed E-state index contributed by atoms with van der Waals surface area (Å²) in [5.74, 6) is 0. The molecule has 2 heteroatoms. The molecule has 0 unspecified atom stereocenters. The van der Waals surface area contributed by atoms with Gasteiger partial charge in [0, 0.05) is 15.1 Å². The van der Waals surface area contributed by atoms with Gasteiger partial charge in [0.15, 0.2) is 0 Å². The summed E-state index contributed by atoms with van der Waals surface area (Å²) in [5, 5.41) is 3.52. The molecule has 0 fully saturated rings. The zero-order valence-corrected chi connectivity index (χ0v) is 12.7. The SMILES string of the molecule is BrCc1cc(Sc2ccccc2)cc2ccccc12. The molecule has 0 aliphatic carbocycles. The van der Waals surface area contributed by atoms with Gasteiger partial charge < -0.3 is 0 Å². The van der Waals surface area contributed by atoms with Gasteiger partial charge >= 0.3 is 0 Å². The molecule has 19 heavy (non-hydrogen) atoms. The molecule has 0 nitrogen and oxygen atoms in total. The predicted molar refractivity (Wildman–Crippen MR) is 87.1 cm³/mol. The van der Waals surface area contributed by atoms with Crippen LogP contribution >= 0.6 is 27.7 Å². The highest BCUT2D eigenvalue weighted by Crippen LogP contribution is 2.32. The third-order valence-electron chi connectivity index (χ3n) is 3.04. The van der Waals surface area contributed by atoms with Crippen molar-refractivity contribution in [2.45, 2.75) is 15.1 Å². The number of rotatable bonds is 3. The molecule has 3 aromatic carbocycles. The summed E-state index contributed by atoms with van der Waals surface area (Å²) in [6, 6.07) is 23.6. The van der Waals surface area contributed by atoms with Gasteiger partial charge in [-0.15, -0.1) is 0 Å². The third kappa shape index (κ3) is 2.85. The van der Waals surface area contributed by atoms with Crippen molar-refractivity contribution in [1.82, 2.24) is 0 Å². The van der Waals surface area contributed by atoms with E-state index in [0.717, 1.165) is 5.33 Å². The van der Waals surface area contributed by atoms with Crippen molar-refractivity contribution in [2.75, 3.05) is 0 Å². The first-order chi connectivity index (χ1) is 9.36. The number of hydrogen-bond acceptors (Lipinski definition) is 1. The Kier molecular flexibility index (Phi) is 3.90. The maximum Gasteiger partial charge on any atom is 0.0289 e. The van der Waals surface area contributed by atoms with E-state index in [2.05, 4.69) is 76.6 Å². The third-order valence-corrected chi connectivity index (χ3v) is 4.63. The molecule has 0 heterocycles. The van der Waals surface area contributed by atoms with E-state index in [4.69, 9.17) is 0 Å². The Morgan fingerprint density at radius 1 is 0.789 bits per heavy atom. The van der Waals surface area contributed by atoms with E-state index in [9.17, 15) is 0 Å². The number of hydrogen-bond donors (Lipinski definition) is 0. The largest absolute Gasteiger partial charge is 0.0901 e. The second kappa shape index (κ2) is 5.81. The fourth-order valence-corrected chi connectivity index (χ4v) is 3.57. The molecule has 0 saturated carbocycles. The quantitative estimate of drug-likeness (QED) is 0.540. The molecule has 0 amide bonds. The Bertz CT molecular complexity index is 692. The summed E-state index contributed by atoms with van der Waals surface area (Å²) in [4.78, 5) is 2.57. The number of alkyl halides is 1. The summed E-state index contributed by atoms with van der Waals surface area (Å²) in [6.07, 6.45) is 0. The Morgan fingerprint density at radius 3 is 2.32 bits per heavy atom. The lowest BCUT2D eigenvalue weighted by atomic mass is 10.1. The fraction of sp³-hybridized carbons (Fsp3) is 0.0588. The molecule has 0 aliphatic heterocycles. The molecule has 0 bridgehead atoms. The molecule has 0 N–H and O–H groups in total. The molecule has 3 aromatic rings. The summed E-state index contributed by atoms with van der Waals surface area (Å²) in [6.45, 7) is 0. The van der Waals surface area contributed by atoms with E-state index in [1.54, 1.807) is 0 Å². The van der Waals surface area contributed by atoms with Crippen LogP contribution in [0.2, 0.25) is 0 Å². The molecule has 0 atom stereocenters. The average molecular weight is 329 g/mol. The highest BCUT2D eigenvalue weighted by atomic mass is 79.9. The van der Waals surface area contributed by atoms with Crippen LogP contribution in [0.15, 0.2) is 76.5 Å². The maximum atomic E-state index is 3.59. The normalized spacial score (nSPS) is 10.8. The minimum absolute atomic E-state index is 0.886. The van der Waals surface area contributed by atoms with Crippen LogP contribution in [-0.2, 0) is 5.33 Å². The van der Waals surface area contributed by atoms with E-state index in [0.29, 0.717) is 0 Å². The molecule has 3 rings (SSSR count). The van der Waals surface area contributed by atoms with Crippen LogP contribution in [0.25, 0.3) is 10.8 Å². The van der Waals surface area contributed by atoms with Gasteiger partial charge in [0.25, 0.3) is 0 Å². The van der Waals surface area contributed by atoms with Crippen molar-refractivity contribution in [3.05, 3.63) is 72.3 Å². The Hall–Kier alpha value is -1.25. The molecular formula is C17H13BrS. The smallest absolute Gasteiger partial charge is 0.0289 e. The lowest BCUT2D eigenvalue weighted by Gasteiger charge is -2.08. The van der Waals surface area contributed by atoms with Gasteiger partial charge in [-0.05, 0) is 40.6 Å². The van der Waals surface area contributed by atoms with Gasteiger partial charge in [0.2, 0.25) is 0 Å². The first-order valence-electron chi connectivity index (χ1n) is 6.17. The zero-order valence-electron chi connectivity index (χ0n) is 10.3. The van der Waals surface area contributed by atoms with E-state index >= 15 is 0 Å². The van der Waals surface area contributed by atoms with Gasteiger partial charge in [-0.1, -0.05) is 70.2 Å². The molecule has 0 aliphatic rings. The van der Waals surface area contributed by atoms with Gasteiger partial charge in [0.05, 0.1) is 0 Å². The zero-order chi connectivity index (χ0) is 13.1. The van der Waals surface area contributed by atoms with Crippen LogP contribution in [0.1, 0.15) is 5.56 Å². The minimum atomic E-state index is 0.886. The maximum absolute atomic E-state index is 3.59. The van der Waals surface area contributed by atoms with Gasteiger partial charge in [-0.3, -0.25) is 0 Å². The second-order valence-corrected chi connectivity index (χ2v) is 6.06. The minimum Gasteiger partial charge on any atom is -0.0901 e. The molecule has 0 radical (unpaired) electrons. The molecule has 0 saturated heterocycles. The van der Waals surface area contributed by atoms with Crippen LogP contribution in [0.5, 0.6) is 0 Å². The van der Waals surface area contributed by atoms with Crippen molar-refractivity contribution < 1.29 is 0 Å². The first kappa shape index (κ1) is 12.8. The van der Waals surface area contributed by atoms with E-state index in [1.165, 1.54) is 26.1 Å². The Balaban J connectivity index is 2.05. The standard InChI is InChI=1S/C17H13BrS/c18-12-14-11-16(19-15-7-2-1-3-8-15)10-13-6-4-5-9-17(13)14/h1-11H,12H2. The Morgan fingerprint density at radius 2 is 1.53 bits per heavy atom. The van der Waals surface area contributed by atoms with E-state index in [1.807, 2.05) is 17.8 Å². The van der Waals surface area contributed by atoms with Crippen LogP contribution in [-0.4, -0.2) is 0 Å². The Labute approximate surface area is 126 Å². The van der Waals surface area contributed by atoms with Crippen molar-refractivity contribution in [1.29, 1.82) is 0 Å². The van der Waals surface area contributed by atoms with Crippen LogP contribution in [0.4, 0.5) is 0 Å². The molecule has 94 valence electrons.